The van der Waals surface area contributed by atoms with E-state index in [1.165, 1.54) is 0 Å². The van der Waals surface area contributed by atoms with Crippen molar-refractivity contribution in [2.24, 2.45) is 0 Å². The Bertz CT molecular complexity index is 350. The first-order chi connectivity index (χ1) is 7.17. The minimum Gasteiger partial charge on any atom is -0.497 e. The minimum absolute atomic E-state index is 0.204. The van der Waals surface area contributed by atoms with E-state index in [-0.39, 0.29) is 12.6 Å². The largest absolute Gasteiger partial charge is 0.497 e. The van der Waals surface area contributed by atoms with Crippen LogP contribution < -0.4 is 4.74 Å². The highest BCUT2D eigenvalue weighted by Crippen LogP contribution is 2.22. The van der Waals surface area contributed by atoms with Crippen LogP contribution in [0.2, 0.25) is 5.02 Å². The highest BCUT2D eigenvalue weighted by molar-refractivity contribution is 6.31. The van der Waals surface area contributed by atoms with Crippen LogP contribution in [0, 0.1) is 0 Å². The normalized spacial score (nSPS) is 9.80. The summed E-state index contributed by atoms with van der Waals surface area (Å²) in [5.41, 5.74) is 0.777. The molecular formula is C11H13ClO3. The van der Waals surface area contributed by atoms with E-state index in [9.17, 15) is 4.79 Å². The molecule has 0 saturated heterocycles. The molecule has 0 radical (unpaired) electrons. The van der Waals surface area contributed by atoms with Crippen molar-refractivity contribution < 1.29 is 14.3 Å². The molecule has 0 aliphatic heterocycles. The molecule has 0 unspecified atom stereocenters. The van der Waals surface area contributed by atoms with Gasteiger partial charge >= 0.3 is 5.97 Å². The van der Waals surface area contributed by atoms with E-state index in [0.717, 1.165) is 5.56 Å². The van der Waals surface area contributed by atoms with Gasteiger partial charge in [0.05, 0.1) is 12.1 Å². The molecule has 0 atom stereocenters. The quantitative estimate of drug-likeness (QED) is 0.744. The Kier molecular flexibility index (Phi) is 4.43. The van der Waals surface area contributed by atoms with Crippen LogP contribution in [-0.2, 0) is 16.1 Å². The van der Waals surface area contributed by atoms with Crippen LogP contribution in [0.25, 0.3) is 0 Å². The SMILES string of the molecule is CCC(=O)OCc1ccc(OC)cc1Cl. The van der Waals surface area contributed by atoms with E-state index in [1.54, 1.807) is 32.2 Å². The van der Waals surface area contributed by atoms with Crippen molar-refractivity contribution in [3.8, 4) is 5.75 Å². The highest BCUT2D eigenvalue weighted by atomic mass is 35.5. The molecule has 0 fully saturated rings. The maximum atomic E-state index is 10.9. The molecule has 4 heteroatoms. The Morgan fingerprint density at radius 1 is 1.47 bits per heavy atom. The monoisotopic (exact) mass is 228 g/mol. The second kappa shape index (κ2) is 5.61. The average Bonchev–Trinajstić information content (AvgIpc) is 2.26. The van der Waals surface area contributed by atoms with Gasteiger partial charge in [0.1, 0.15) is 12.4 Å². The molecule has 0 spiro atoms. The van der Waals surface area contributed by atoms with Gasteiger partial charge in [-0.05, 0) is 12.1 Å². The maximum absolute atomic E-state index is 10.9. The third kappa shape index (κ3) is 3.44. The third-order valence-electron chi connectivity index (χ3n) is 1.94. The summed E-state index contributed by atoms with van der Waals surface area (Å²) in [6, 6.07) is 5.25. The molecule has 1 rings (SSSR count). The van der Waals surface area contributed by atoms with Gasteiger partial charge in [-0.1, -0.05) is 24.6 Å². The molecule has 0 heterocycles. The molecule has 3 nitrogen and oxygen atoms in total. The predicted molar refractivity (Wildman–Crippen MR) is 58.1 cm³/mol. The van der Waals surface area contributed by atoms with Gasteiger partial charge < -0.3 is 9.47 Å². The molecule has 15 heavy (non-hydrogen) atoms. The Balaban J connectivity index is 2.66. The lowest BCUT2D eigenvalue weighted by atomic mass is 10.2. The first kappa shape index (κ1) is 11.9. The summed E-state index contributed by atoms with van der Waals surface area (Å²) in [5.74, 6) is 0.451. The van der Waals surface area contributed by atoms with Gasteiger partial charge in [-0.2, -0.15) is 0 Å². The molecule has 1 aromatic rings. The number of hydrogen-bond acceptors (Lipinski definition) is 3. The summed E-state index contributed by atoms with van der Waals surface area (Å²) in [4.78, 5) is 10.9. The van der Waals surface area contributed by atoms with E-state index in [0.29, 0.717) is 17.2 Å². The lowest BCUT2D eigenvalue weighted by molar-refractivity contribution is -0.144. The Morgan fingerprint density at radius 2 is 2.20 bits per heavy atom. The summed E-state index contributed by atoms with van der Waals surface area (Å²) in [6.07, 6.45) is 0.369. The number of rotatable bonds is 4. The van der Waals surface area contributed by atoms with Gasteiger partial charge in [0.15, 0.2) is 0 Å². The fourth-order valence-electron chi connectivity index (χ4n) is 1.03. The van der Waals surface area contributed by atoms with Crippen molar-refractivity contribution in [1.29, 1.82) is 0 Å². The number of halogens is 1. The first-order valence-electron chi connectivity index (χ1n) is 4.65. The molecule has 82 valence electrons. The van der Waals surface area contributed by atoms with E-state index >= 15 is 0 Å². The number of esters is 1. The zero-order chi connectivity index (χ0) is 11.3. The summed E-state index contributed by atoms with van der Waals surface area (Å²) >= 11 is 5.96. The van der Waals surface area contributed by atoms with Gasteiger partial charge in [0.25, 0.3) is 0 Å². The summed E-state index contributed by atoms with van der Waals surface area (Å²) in [5, 5.41) is 0.540. The van der Waals surface area contributed by atoms with Gasteiger partial charge in [0.2, 0.25) is 0 Å². The molecule has 0 aliphatic rings. The summed E-state index contributed by atoms with van der Waals surface area (Å²) in [7, 11) is 1.57. The molecule has 0 aromatic heterocycles. The van der Waals surface area contributed by atoms with Crippen LogP contribution in [0.1, 0.15) is 18.9 Å². The zero-order valence-corrected chi connectivity index (χ0v) is 9.50. The van der Waals surface area contributed by atoms with Crippen LogP contribution in [0.15, 0.2) is 18.2 Å². The number of ether oxygens (including phenoxy) is 2. The van der Waals surface area contributed by atoms with E-state index in [2.05, 4.69) is 0 Å². The van der Waals surface area contributed by atoms with Crippen molar-refractivity contribution in [1.82, 2.24) is 0 Å². The van der Waals surface area contributed by atoms with Crippen molar-refractivity contribution in [3.05, 3.63) is 28.8 Å². The Labute approximate surface area is 93.9 Å². The number of carbonyl (C=O) groups is 1. The van der Waals surface area contributed by atoms with Crippen LogP contribution in [0.5, 0.6) is 5.75 Å². The van der Waals surface area contributed by atoms with Gasteiger partial charge in [-0.25, -0.2) is 0 Å². The first-order valence-corrected chi connectivity index (χ1v) is 5.03. The lowest BCUT2D eigenvalue weighted by Gasteiger charge is -2.07. The van der Waals surface area contributed by atoms with E-state index < -0.39 is 0 Å². The highest BCUT2D eigenvalue weighted by Gasteiger charge is 2.05. The molecular weight excluding hydrogens is 216 g/mol. The van der Waals surface area contributed by atoms with Crippen molar-refractivity contribution in [3.63, 3.8) is 0 Å². The van der Waals surface area contributed by atoms with Gasteiger partial charge in [-0.15, -0.1) is 0 Å². The van der Waals surface area contributed by atoms with E-state index in [4.69, 9.17) is 21.1 Å². The second-order valence-corrected chi connectivity index (χ2v) is 3.38. The molecule has 0 amide bonds. The topological polar surface area (TPSA) is 35.5 Å². The van der Waals surface area contributed by atoms with Crippen LogP contribution >= 0.6 is 11.6 Å². The second-order valence-electron chi connectivity index (χ2n) is 2.97. The van der Waals surface area contributed by atoms with Crippen molar-refractivity contribution in [2.45, 2.75) is 20.0 Å². The van der Waals surface area contributed by atoms with Crippen LogP contribution in [-0.4, -0.2) is 13.1 Å². The molecule has 1 aromatic carbocycles. The smallest absolute Gasteiger partial charge is 0.305 e. The molecule has 0 aliphatic carbocycles. The zero-order valence-electron chi connectivity index (χ0n) is 8.75. The van der Waals surface area contributed by atoms with E-state index in [1.807, 2.05) is 0 Å². The average molecular weight is 229 g/mol. The molecule has 0 saturated carbocycles. The standard InChI is InChI=1S/C11H13ClO3/c1-3-11(13)15-7-8-4-5-9(14-2)6-10(8)12/h4-6H,3,7H2,1-2H3. The summed E-state index contributed by atoms with van der Waals surface area (Å²) in [6.45, 7) is 1.95. The fourth-order valence-corrected chi connectivity index (χ4v) is 1.26. The third-order valence-corrected chi connectivity index (χ3v) is 2.29. The Morgan fingerprint density at radius 3 is 2.73 bits per heavy atom. The lowest BCUT2D eigenvalue weighted by Crippen LogP contribution is -2.02. The predicted octanol–water partition coefficient (Wildman–Crippen LogP) is 2.80. The number of methoxy groups -OCH3 is 1. The van der Waals surface area contributed by atoms with Gasteiger partial charge in [0, 0.05) is 12.0 Å². The molecule has 0 bridgehead atoms. The molecule has 0 N–H and O–H groups in total. The number of benzene rings is 1. The summed E-state index contributed by atoms with van der Waals surface area (Å²) < 4.78 is 9.97. The fraction of sp³-hybridized carbons (Fsp3) is 0.364. The van der Waals surface area contributed by atoms with Gasteiger partial charge in [-0.3, -0.25) is 4.79 Å². The number of hydrogen-bond donors (Lipinski definition) is 0. The maximum Gasteiger partial charge on any atom is 0.305 e. The van der Waals surface area contributed by atoms with Crippen LogP contribution in [0.4, 0.5) is 0 Å². The Hall–Kier alpha value is -1.22. The minimum atomic E-state index is -0.234. The van der Waals surface area contributed by atoms with Crippen LogP contribution in [0.3, 0.4) is 0 Å². The number of carbonyl (C=O) groups excluding carboxylic acids is 1. The van der Waals surface area contributed by atoms with Crippen molar-refractivity contribution >= 4 is 17.6 Å². The van der Waals surface area contributed by atoms with Crippen molar-refractivity contribution in [2.75, 3.05) is 7.11 Å².